The van der Waals surface area contributed by atoms with Crippen LogP contribution in [0.3, 0.4) is 0 Å². The van der Waals surface area contributed by atoms with E-state index < -0.39 is 12.3 Å². The molecule has 3 aromatic rings. The summed E-state index contributed by atoms with van der Waals surface area (Å²) in [6.07, 6.45) is -3.55. The van der Waals surface area contributed by atoms with E-state index in [9.17, 15) is 18.0 Å². The zero-order valence-electron chi connectivity index (χ0n) is 14.0. The molecule has 0 unspecified atom stereocenters. The Kier molecular flexibility index (Phi) is 5.41. The van der Waals surface area contributed by atoms with Crippen molar-refractivity contribution in [1.29, 1.82) is 0 Å². The number of esters is 1. The molecule has 0 aliphatic rings. The highest BCUT2D eigenvalue weighted by molar-refractivity contribution is 9.08. The lowest BCUT2D eigenvalue weighted by molar-refractivity contribution is -0.274. The summed E-state index contributed by atoms with van der Waals surface area (Å²) in [6.45, 7) is 1.90. The molecule has 0 saturated carbocycles. The lowest BCUT2D eigenvalue weighted by atomic mass is 9.97. The van der Waals surface area contributed by atoms with Gasteiger partial charge in [0.15, 0.2) is 12.0 Å². The number of hydrogen-bond acceptors (Lipinski definition) is 5. The van der Waals surface area contributed by atoms with Crippen LogP contribution in [0.4, 0.5) is 13.2 Å². The second kappa shape index (κ2) is 7.59. The molecular formula is C18H13BrF3NO4. The molecule has 142 valence electrons. The molecule has 27 heavy (non-hydrogen) atoms. The molecule has 0 atom stereocenters. The van der Waals surface area contributed by atoms with Gasteiger partial charge in [-0.1, -0.05) is 28.1 Å². The van der Waals surface area contributed by atoms with E-state index in [-0.39, 0.29) is 23.5 Å². The molecule has 1 aromatic heterocycles. The van der Waals surface area contributed by atoms with Crippen molar-refractivity contribution in [2.24, 2.45) is 0 Å². The molecule has 0 aliphatic heterocycles. The van der Waals surface area contributed by atoms with Crippen molar-refractivity contribution in [2.75, 3.05) is 6.61 Å². The largest absolute Gasteiger partial charge is 0.573 e. The molecule has 9 heteroatoms. The fraction of sp³-hybridized carbons (Fsp3) is 0.222. The topological polar surface area (TPSA) is 61.6 Å². The third-order valence-corrected chi connectivity index (χ3v) is 4.32. The minimum absolute atomic E-state index is 0.207. The van der Waals surface area contributed by atoms with E-state index >= 15 is 0 Å². The van der Waals surface area contributed by atoms with Crippen LogP contribution in [0.2, 0.25) is 0 Å². The molecular weight excluding hydrogens is 431 g/mol. The second-order valence-corrected chi connectivity index (χ2v) is 5.98. The summed E-state index contributed by atoms with van der Waals surface area (Å²) in [4.78, 5) is 16.5. The molecule has 0 N–H and O–H groups in total. The third kappa shape index (κ3) is 4.08. The van der Waals surface area contributed by atoms with E-state index in [0.717, 1.165) is 0 Å². The lowest BCUT2D eigenvalue weighted by Crippen LogP contribution is -2.16. The van der Waals surface area contributed by atoms with Gasteiger partial charge in [-0.2, -0.15) is 0 Å². The first-order chi connectivity index (χ1) is 12.8. The molecule has 1 heterocycles. The van der Waals surface area contributed by atoms with Crippen LogP contribution in [0.15, 0.2) is 41.1 Å². The van der Waals surface area contributed by atoms with Crippen LogP contribution in [-0.4, -0.2) is 23.9 Å². The Morgan fingerprint density at radius 1 is 1.26 bits per heavy atom. The van der Waals surface area contributed by atoms with Crippen molar-refractivity contribution < 1.29 is 31.9 Å². The minimum atomic E-state index is -4.76. The summed E-state index contributed by atoms with van der Waals surface area (Å²) in [6, 6.07) is 7.11. The van der Waals surface area contributed by atoms with Gasteiger partial charge >= 0.3 is 12.3 Å². The fourth-order valence-electron chi connectivity index (χ4n) is 2.66. The van der Waals surface area contributed by atoms with Gasteiger partial charge in [-0.15, -0.1) is 13.2 Å². The van der Waals surface area contributed by atoms with E-state index in [1.165, 1.54) is 30.7 Å². The van der Waals surface area contributed by atoms with Gasteiger partial charge in [0.1, 0.15) is 16.8 Å². The van der Waals surface area contributed by atoms with Gasteiger partial charge in [0.2, 0.25) is 0 Å². The van der Waals surface area contributed by atoms with Crippen LogP contribution < -0.4 is 4.74 Å². The number of rotatable bonds is 5. The molecule has 0 bridgehead atoms. The van der Waals surface area contributed by atoms with E-state index in [1.54, 1.807) is 13.0 Å². The number of halogens is 4. The van der Waals surface area contributed by atoms with E-state index in [4.69, 9.17) is 9.15 Å². The maximum absolute atomic E-state index is 12.3. The van der Waals surface area contributed by atoms with Crippen molar-refractivity contribution in [3.05, 3.63) is 47.9 Å². The number of fused-ring (bicyclic) bond motifs is 1. The summed E-state index contributed by atoms with van der Waals surface area (Å²) in [5, 5.41) is 0.347. The highest BCUT2D eigenvalue weighted by Gasteiger charge is 2.31. The number of ether oxygens (including phenoxy) is 2. The van der Waals surface area contributed by atoms with E-state index in [1.807, 2.05) is 0 Å². The monoisotopic (exact) mass is 443 g/mol. The maximum Gasteiger partial charge on any atom is 0.573 e. The molecule has 0 spiro atoms. The molecule has 0 fully saturated rings. The normalized spacial score (nSPS) is 11.6. The SMILES string of the molecule is CCOC(=O)c1c(CBr)cc(-c2ccc(OC(F)(F)F)cc2)c2ncoc12. The number of benzene rings is 2. The Bertz CT molecular complexity index is 967. The summed E-state index contributed by atoms with van der Waals surface area (Å²) in [5.74, 6) is -0.860. The van der Waals surface area contributed by atoms with Crippen LogP contribution in [-0.2, 0) is 10.1 Å². The third-order valence-electron chi connectivity index (χ3n) is 3.71. The van der Waals surface area contributed by atoms with Crippen LogP contribution in [0, 0.1) is 0 Å². The predicted octanol–water partition coefficient (Wildman–Crippen LogP) is 5.47. The minimum Gasteiger partial charge on any atom is -0.462 e. The molecule has 0 saturated heterocycles. The van der Waals surface area contributed by atoms with Crippen molar-refractivity contribution in [2.45, 2.75) is 18.6 Å². The Morgan fingerprint density at radius 3 is 2.56 bits per heavy atom. The van der Waals surface area contributed by atoms with Crippen LogP contribution in [0.1, 0.15) is 22.8 Å². The molecule has 2 aromatic carbocycles. The summed E-state index contributed by atoms with van der Waals surface area (Å²) >= 11 is 3.34. The zero-order valence-corrected chi connectivity index (χ0v) is 15.6. The van der Waals surface area contributed by atoms with Gasteiger partial charge in [-0.25, -0.2) is 9.78 Å². The Balaban J connectivity index is 2.09. The summed E-state index contributed by atoms with van der Waals surface area (Å²) in [5.41, 5.74) is 2.76. The van der Waals surface area contributed by atoms with Crippen LogP contribution in [0.25, 0.3) is 22.2 Å². The number of alkyl halides is 4. The number of aromatic nitrogens is 1. The van der Waals surface area contributed by atoms with Gasteiger partial charge < -0.3 is 13.9 Å². The predicted molar refractivity (Wildman–Crippen MR) is 94.7 cm³/mol. The first-order valence-electron chi connectivity index (χ1n) is 7.82. The molecule has 3 rings (SSSR count). The summed E-state index contributed by atoms with van der Waals surface area (Å²) in [7, 11) is 0. The van der Waals surface area contributed by atoms with E-state index in [2.05, 4.69) is 25.7 Å². The number of hydrogen-bond donors (Lipinski definition) is 0. The zero-order chi connectivity index (χ0) is 19.6. The number of carbonyl (C=O) groups is 1. The van der Waals surface area contributed by atoms with E-state index in [0.29, 0.717) is 27.5 Å². The first kappa shape index (κ1) is 19.2. The Labute approximate surface area is 160 Å². The molecule has 5 nitrogen and oxygen atoms in total. The molecule has 0 amide bonds. The highest BCUT2D eigenvalue weighted by Crippen LogP contribution is 2.35. The van der Waals surface area contributed by atoms with Gasteiger partial charge in [0.05, 0.1) is 6.61 Å². The summed E-state index contributed by atoms with van der Waals surface area (Å²) < 4.78 is 51.3. The van der Waals surface area contributed by atoms with Crippen molar-refractivity contribution in [3.8, 4) is 16.9 Å². The highest BCUT2D eigenvalue weighted by atomic mass is 79.9. The standard InChI is InChI=1S/C18H13BrF3NO4/c1-2-25-17(24)14-11(8-19)7-13(15-16(14)26-9-23-15)10-3-5-12(6-4-10)27-18(20,21)22/h3-7,9H,2,8H2,1H3. The number of carbonyl (C=O) groups excluding carboxylic acids is 1. The maximum atomic E-state index is 12.3. The Hall–Kier alpha value is -2.55. The van der Waals surface area contributed by atoms with Crippen molar-refractivity contribution >= 4 is 33.0 Å². The smallest absolute Gasteiger partial charge is 0.462 e. The van der Waals surface area contributed by atoms with Gasteiger partial charge in [-0.05, 0) is 36.2 Å². The fourth-order valence-corrected chi connectivity index (χ4v) is 3.11. The van der Waals surface area contributed by atoms with Crippen molar-refractivity contribution in [1.82, 2.24) is 4.98 Å². The number of nitrogens with zero attached hydrogens (tertiary/aromatic N) is 1. The second-order valence-electron chi connectivity index (χ2n) is 5.41. The average Bonchev–Trinajstić information content (AvgIpc) is 3.09. The average molecular weight is 444 g/mol. The first-order valence-corrected chi connectivity index (χ1v) is 8.94. The lowest BCUT2D eigenvalue weighted by Gasteiger charge is -2.12. The van der Waals surface area contributed by atoms with Crippen LogP contribution >= 0.6 is 15.9 Å². The van der Waals surface area contributed by atoms with Gasteiger partial charge in [0.25, 0.3) is 0 Å². The molecule has 0 radical (unpaired) electrons. The van der Waals surface area contributed by atoms with Gasteiger partial charge in [0, 0.05) is 10.9 Å². The number of oxazole rings is 1. The van der Waals surface area contributed by atoms with Crippen LogP contribution in [0.5, 0.6) is 5.75 Å². The quantitative estimate of drug-likeness (QED) is 0.386. The molecule has 0 aliphatic carbocycles. The van der Waals surface area contributed by atoms with Gasteiger partial charge in [-0.3, -0.25) is 0 Å². The van der Waals surface area contributed by atoms with Crippen molar-refractivity contribution in [3.63, 3.8) is 0 Å². The Morgan fingerprint density at radius 2 is 1.96 bits per heavy atom.